The van der Waals surface area contributed by atoms with Gasteiger partial charge in [0.15, 0.2) is 0 Å². The van der Waals surface area contributed by atoms with Crippen LogP contribution in [0.25, 0.3) is 11.3 Å². The number of nitrogens with zero attached hydrogens (tertiary/aromatic N) is 2. The van der Waals surface area contributed by atoms with Crippen LogP contribution >= 0.6 is 11.3 Å². The van der Waals surface area contributed by atoms with E-state index in [1.54, 1.807) is 4.88 Å². The predicted octanol–water partition coefficient (Wildman–Crippen LogP) is 5.49. The lowest BCUT2D eigenvalue weighted by molar-refractivity contribution is 0.267. The monoisotopic (exact) mass is 320 g/mol. The first-order valence-electron chi connectivity index (χ1n) is 8.56. The zero-order chi connectivity index (χ0) is 15.2. The Labute approximate surface area is 140 Å². The second-order valence-corrected chi connectivity index (χ2v) is 7.80. The number of fused-ring (bicyclic) bond motifs is 3. The number of hydrogen-bond donors (Lipinski definition) is 0. The molecule has 0 amide bonds. The Kier molecular flexibility index (Phi) is 3.15. The van der Waals surface area contributed by atoms with Crippen LogP contribution in [-0.2, 0) is 0 Å². The first-order chi connectivity index (χ1) is 11.4. The maximum atomic E-state index is 4.40. The summed E-state index contributed by atoms with van der Waals surface area (Å²) < 4.78 is 2.43. The van der Waals surface area contributed by atoms with Crippen molar-refractivity contribution in [1.82, 2.24) is 9.55 Å². The Balaban J connectivity index is 1.39. The van der Waals surface area contributed by atoms with E-state index in [1.165, 1.54) is 42.5 Å². The van der Waals surface area contributed by atoms with Crippen LogP contribution in [0.15, 0.2) is 54.3 Å². The molecule has 1 aliphatic heterocycles. The maximum absolute atomic E-state index is 4.40. The fourth-order valence-corrected chi connectivity index (χ4v) is 5.65. The van der Waals surface area contributed by atoms with Gasteiger partial charge in [-0.15, -0.1) is 11.3 Å². The lowest BCUT2D eigenvalue weighted by Gasteiger charge is -2.33. The van der Waals surface area contributed by atoms with E-state index in [2.05, 4.69) is 51.3 Å². The molecule has 116 valence electrons. The first kappa shape index (κ1) is 13.6. The lowest BCUT2D eigenvalue weighted by Crippen LogP contribution is -2.22. The number of thiophene rings is 1. The summed E-state index contributed by atoms with van der Waals surface area (Å²) in [6.07, 6.45) is 9.33. The molecular weight excluding hydrogens is 300 g/mol. The van der Waals surface area contributed by atoms with Gasteiger partial charge in [0.1, 0.15) is 0 Å². The molecule has 0 spiro atoms. The van der Waals surface area contributed by atoms with Gasteiger partial charge in [0.05, 0.1) is 24.3 Å². The molecule has 0 radical (unpaired) electrons. The molecule has 3 heterocycles. The summed E-state index contributed by atoms with van der Waals surface area (Å²) in [4.78, 5) is 5.96. The van der Waals surface area contributed by atoms with Gasteiger partial charge in [-0.2, -0.15) is 0 Å². The number of imidazole rings is 1. The summed E-state index contributed by atoms with van der Waals surface area (Å²) >= 11 is 1.92. The SMILES string of the molecule is c1ccc([C@H]2CC[C@@H](C3c4sccc4-c4cncn43)CC2)cc1. The van der Waals surface area contributed by atoms with Crippen molar-refractivity contribution in [3.8, 4) is 11.3 Å². The third-order valence-corrected chi connectivity index (χ3v) is 6.68. The van der Waals surface area contributed by atoms with Gasteiger partial charge >= 0.3 is 0 Å². The largest absolute Gasteiger partial charge is 0.322 e. The molecule has 0 N–H and O–H groups in total. The lowest BCUT2D eigenvalue weighted by atomic mass is 9.76. The van der Waals surface area contributed by atoms with Gasteiger partial charge in [0.25, 0.3) is 0 Å². The Morgan fingerprint density at radius 3 is 2.65 bits per heavy atom. The summed E-state index contributed by atoms with van der Waals surface area (Å²) in [5.74, 6) is 1.50. The minimum absolute atomic E-state index is 0.527. The summed E-state index contributed by atoms with van der Waals surface area (Å²) in [6.45, 7) is 0. The molecule has 2 aromatic heterocycles. The number of rotatable bonds is 2. The molecule has 1 aliphatic carbocycles. The van der Waals surface area contributed by atoms with Crippen molar-refractivity contribution in [3.63, 3.8) is 0 Å². The highest BCUT2D eigenvalue weighted by molar-refractivity contribution is 7.10. The fourth-order valence-electron chi connectivity index (χ4n) is 4.56. The zero-order valence-corrected chi connectivity index (χ0v) is 13.9. The molecule has 5 rings (SSSR count). The van der Waals surface area contributed by atoms with Crippen LogP contribution in [0, 0.1) is 5.92 Å². The van der Waals surface area contributed by atoms with Gasteiger partial charge in [-0.1, -0.05) is 30.3 Å². The average Bonchev–Trinajstić information content (AvgIpc) is 3.29. The molecular formula is C20H20N2S. The van der Waals surface area contributed by atoms with E-state index >= 15 is 0 Å². The Bertz CT molecular complexity index is 769. The van der Waals surface area contributed by atoms with Gasteiger partial charge in [-0.3, -0.25) is 0 Å². The normalized spacial score (nSPS) is 26.0. The molecule has 0 saturated heterocycles. The Morgan fingerprint density at radius 2 is 1.83 bits per heavy atom. The zero-order valence-electron chi connectivity index (χ0n) is 13.1. The van der Waals surface area contributed by atoms with Gasteiger partial charge in [-0.05, 0) is 54.5 Å². The van der Waals surface area contributed by atoms with Crippen LogP contribution in [0.4, 0.5) is 0 Å². The predicted molar refractivity (Wildman–Crippen MR) is 94.8 cm³/mol. The molecule has 1 unspecified atom stereocenters. The van der Waals surface area contributed by atoms with Crippen molar-refractivity contribution in [2.75, 3.05) is 0 Å². The molecule has 1 saturated carbocycles. The topological polar surface area (TPSA) is 17.8 Å². The molecule has 1 fully saturated rings. The maximum Gasteiger partial charge on any atom is 0.0957 e. The summed E-state index contributed by atoms with van der Waals surface area (Å²) in [5.41, 5.74) is 4.26. The molecule has 2 nitrogen and oxygen atoms in total. The first-order valence-corrected chi connectivity index (χ1v) is 9.44. The van der Waals surface area contributed by atoms with Crippen LogP contribution in [0.3, 0.4) is 0 Å². The highest BCUT2D eigenvalue weighted by atomic mass is 32.1. The summed E-state index contributed by atoms with van der Waals surface area (Å²) in [5, 5.41) is 2.24. The van der Waals surface area contributed by atoms with Crippen LogP contribution in [0.5, 0.6) is 0 Å². The molecule has 1 atom stereocenters. The quantitative estimate of drug-likeness (QED) is 0.610. The average molecular weight is 320 g/mol. The van der Waals surface area contributed by atoms with Crippen molar-refractivity contribution in [1.29, 1.82) is 0 Å². The van der Waals surface area contributed by atoms with E-state index < -0.39 is 0 Å². The van der Waals surface area contributed by atoms with Crippen LogP contribution in [-0.4, -0.2) is 9.55 Å². The number of benzene rings is 1. The molecule has 0 bridgehead atoms. The van der Waals surface area contributed by atoms with Crippen LogP contribution < -0.4 is 0 Å². The van der Waals surface area contributed by atoms with E-state index in [0.717, 1.165) is 11.8 Å². The number of hydrogen-bond acceptors (Lipinski definition) is 2. The highest BCUT2D eigenvalue weighted by Gasteiger charge is 2.37. The van der Waals surface area contributed by atoms with E-state index in [1.807, 2.05) is 23.9 Å². The molecule has 23 heavy (non-hydrogen) atoms. The van der Waals surface area contributed by atoms with Crippen LogP contribution in [0.1, 0.15) is 48.1 Å². The van der Waals surface area contributed by atoms with Gasteiger partial charge in [-0.25, -0.2) is 4.98 Å². The van der Waals surface area contributed by atoms with Crippen molar-refractivity contribution >= 4 is 11.3 Å². The third kappa shape index (κ3) is 2.10. The standard InChI is InChI=1S/C20H20N2S/c1-2-4-14(5-3-1)15-6-8-16(9-7-15)19-20-17(10-11-23-20)18-12-21-13-22(18)19/h1-5,10-13,15-16,19H,6-9H2/t15-,16+,19?. The van der Waals surface area contributed by atoms with Gasteiger partial charge in [0, 0.05) is 10.4 Å². The second-order valence-electron chi connectivity index (χ2n) is 6.85. The summed E-state index contributed by atoms with van der Waals surface area (Å²) in [7, 11) is 0. The molecule has 3 heteroatoms. The highest BCUT2D eigenvalue weighted by Crippen LogP contribution is 2.50. The molecule has 2 aliphatic rings. The van der Waals surface area contributed by atoms with Gasteiger partial charge < -0.3 is 4.57 Å². The third-order valence-electron chi connectivity index (χ3n) is 5.69. The van der Waals surface area contributed by atoms with E-state index in [9.17, 15) is 0 Å². The number of aromatic nitrogens is 2. The van der Waals surface area contributed by atoms with Crippen molar-refractivity contribution < 1.29 is 0 Å². The van der Waals surface area contributed by atoms with Crippen LogP contribution in [0.2, 0.25) is 0 Å². The van der Waals surface area contributed by atoms with Crippen molar-refractivity contribution in [3.05, 3.63) is 64.7 Å². The van der Waals surface area contributed by atoms with E-state index in [4.69, 9.17) is 0 Å². The van der Waals surface area contributed by atoms with E-state index in [-0.39, 0.29) is 0 Å². The Hall–Kier alpha value is -1.87. The Morgan fingerprint density at radius 1 is 1.00 bits per heavy atom. The minimum Gasteiger partial charge on any atom is -0.322 e. The summed E-state index contributed by atoms with van der Waals surface area (Å²) in [6, 6.07) is 13.9. The molecule has 3 aromatic rings. The fraction of sp³-hybridized carbons (Fsp3) is 0.350. The van der Waals surface area contributed by atoms with Crippen molar-refractivity contribution in [2.24, 2.45) is 5.92 Å². The second kappa shape index (κ2) is 5.34. The minimum atomic E-state index is 0.527. The molecule has 1 aromatic carbocycles. The van der Waals surface area contributed by atoms with E-state index in [0.29, 0.717) is 6.04 Å². The van der Waals surface area contributed by atoms with Gasteiger partial charge in [0.2, 0.25) is 0 Å². The smallest absolute Gasteiger partial charge is 0.0957 e. The van der Waals surface area contributed by atoms with Crippen molar-refractivity contribution in [2.45, 2.75) is 37.6 Å².